The first kappa shape index (κ1) is 8.66. The summed E-state index contributed by atoms with van der Waals surface area (Å²) in [5.41, 5.74) is 0.585. The van der Waals surface area contributed by atoms with Crippen LogP contribution >= 0.6 is 23.2 Å². The molecule has 0 atom stereocenters. The monoisotopic (exact) mass is 217 g/mol. The number of hydrogen-bond acceptors (Lipinski definition) is 2. The van der Waals surface area contributed by atoms with Gasteiger partial charge in [0.2, 0.25) is 0 Å². The zero-order valence-corrected chi connectivity index (χ0v) is 7.97. The lowest BCUT2D eigenvalue weighted by atomic mass is 10.4. The van der Waals surface area contributed by atoms with Crippen LogP contribution in [0.4, 0.5) is 4.79 Å². The molecule has 13 heavy (non-hydrogen) atoms. The van der Waals surface area contributed by atoms with Crippen LogP contribution in [-0.4, -0.2) is 17.6 Å². The van der Waals surface area contributed by atoms with Gasteiger partial charge in [-0.15, -0.1) is 0 Å². The van der Waals surface area contributed by atoms with Crippen molar-refractivity contribution in [2.75, 3.05) is 6.61 Å². The molecule has 0 N–H and O–H groups in total. The average molecular weight is 218 g/mol. The van der Waals surface area contributed by atoms with Crippen LogP contribution in [0.15, 0.2) is 34.1 Å². The molecular formula is C8H5Cl2NO2. The van der Waals surface area contributed by atoms with Crippen molar-refractivity contribution >= 4 is 29.3 Å². The molecular weight excluding hydrogens is 213 g/mol. The molecule has 1 saturated heterocycles. The Bertz CT molecular complexity index is 357. The fourth-order valence-corrected chi connectivity index (χ4v) is 1.60. The van der Waals surface area contributed by atoms with E-state index >= 15 is 0 Å². The van der Waals surface area contributed by atoms with Crippen molar-refractivity contribution in [3.05, 3.63) is 34.1 Å². The van der Waals surface area contributed by atoms with E-state index in [1.807, 2.05) is 0 Å². The standard InChI is InChI=1S/C8H5Cl2NO2/c9-5-2-1-3-7(10)11-6(5)4-13-8(11)12/h1-3H,4H2. The number of ether oxygens (including phenoxy) is 1. The first-order valence-corrected chi connectivity index (χ1v) is 4.35. The Labute approximate surface area is 84.9 Å². The minimum atomic E-state index is -0.488. The second-order valence-corrected chi connectivity index (χ2v) is 3.33. The molecule has 2 aliphatic rings. The number of halogens is 2. The highest BCUT2D eigenvalue weighted by atomic mass is 35.5. The maximum Gasteiger partial charge on any atom is 0.419 e. The summed E-state index contributed by atoms with van der Waals surface area (Å²) in [7, 11) is 0. The van der Waals surface area contributed by atoms with Crippen LogP contribution in [0, 0.1) is 0 Å². The van der Waals surface area contributed by atoms with Crippen LogP contribution < -0.4 is 0 Å². The van der Waals surface area contributed by atoms with Gasteiger partial charge < -0.3 is 4.74 Å². The first-order valence-electron chi connectivity index (χ1n) is 3.59. The summed E-state index contributed by atoms with van der Waals surface area (Å²) in [6.07, 6.45) is 4.45. The van der Waals surface area contributed by atoms with E-state index < -0.39 is 6.09 Å². The molecule has 2 aliphatic heterocycles. The van der Waals surface area contributed by atoms with Gasteiger partial charge in [-0.25, -0.2) is 9.69 Å². The lowest BCUT2D eigenvalue weighted by Crippen LogP contribution is -2.19. The maximum atomic E-state index is 11.2. The third-order valence-corrected chi connectivity index (χ3v) is 2.39. The normalized spacial score (nSPS) is 21.2. The van der Waals surface area contributed by atoms with Gasteiger partial charge in [0.25, 0.3) is 0 Å². The molecule has 0 aromatic carbocycles. The molecule has 0 spiro atoms. The Balaban J connectivity index is 2.51. The topological polar surface area (TPSA) is 29.5 Å². The van der Waals surface area contributed by atoms with Crippen molar-refractivity contribution in [1.29, 1.82) is 0 Å². The molecule has 0 radical (unpaired) electrons. The van der Waals surface area contributed by atoms with Crippen LogP contribution in [0.1, 0.15) is 0 Å². The summed E-state index contributed by atoms with van der Waals surface area (Å²) in [4.78, 5) is 12.4. The lowest BCUT2D eigenvalue weighted by molar-refractivity contribution is 0.165. The van der Waals surface area contributed by atoms with Gasteiger partial charge in [-0.2, -0.15) is 0 Å². The molecule has 0 aromatic heterocycles. The number of carbonyl (C=O) groups excluding carboxylic acids is 1. The van der Waals surface area contributed by atoms with Crippen molar-refractivity contribution in [2.24, 2.45) is 0 Å². The summed E-state index contributed by atoms with van der Waals surface area (Å²) < 4.78 is 4.78. The molecule has 3 nitrogen and oxygen atoms in total. The van der Waals surface area contributed by atoms with Crippen molar-refractivity contribution in [3.63, 3.8) is 0 Å². The van der Waals surface area contributed by atoms with E-state index in [1.54, 1.807) is 18.2 Å². The number of cyclic esters (lactones) is 1. The second-order valence-electron chi connectivity index (χ2n) is 2.53. The summed E-state index contributed by atoms with van der Waals surface area (Å²) in [5, 5.41) is 0.766. The largest absolute Gasteiger partial charge is 0.442 e. The van der Waals surface area contributed by atoms with Crippen LogP contribution in [0.3, 0.4) is 0 Å². The van der Waals surface area contributed by atoms with Gasteiger partial charge in [0.05, 0.1) is 10.7 Å². The molecule has 2 heterocycles. The van der Waals surface area contributed by atoms with E-state index in [0.717, 1.165) is 0 Å². The summed E-state index contributed by atoms with van der Waals surface area (Å²) in [5.74, 6) is 0. The molecule has 2 rings (SSSR count). The van der Waals surface area contributed by atoms with Crippen LogP contribution in [0.5, 0.6) is 0 Å². The molecule has 68 valence electrons. The van der Waals surface area contributed by atoms with Gasteiger partial charge in [-0.05, 0) is 12.2 Å². The average Bonchev–Trinajstić information content (AvgIpc) is 2.40. The van der Waals surface area contributed by atoms with E-state index in [0.29, 0.717) is 15.9 Å². The number of allylic oxidation sites excluding steroid dienone is 4. The van der Waals surface area contributed by atoms with Gasteiger partial charge in [-0.3, -0.25) is 0 Å². The lowest BCUT2D eigenvalue weighted by Gasteiger charge is -2.11. The quantitative estimate of drug-likeness (QED) is 0.584. The fraction of sp³-hybridized carbons (Fsp3) is 0.125. The number of hydrogen-bond donors (Lipinski definition) is 0. The number of amides is 1. The highest BCUT2D eigenvalue weighted by Crippen LogP contribution is 2.30. The second kappa shape index (κ2) is 3.09. The minimum absolute atomic E-state index is 0.173. The summed E-state index contributed by atoms with van der Waals surface area (Å²) >= 11 is 11.7. The van der Waals surface area contributed by atoms with E-state index in [2.05, 4.69) is 0 Å². The first-order chi connectivity index (χ1) is 6.20. The van der Waals surface area contributed by atoms with Crippen LogP contribution in [0.25, 0.3) is 0 Å². The summed E-state index contributed by atoms with van der Waals surface area (Å²) in [6, 6.07) is 0. The maximum absolute atomic E-state index is 11.2. The number of rotatable bonds is 0. The molecule has 1 fully saturated rings. The molecule has 0 aliphatic carbocycles. The zero-order valence-electron chi connectivity index (χ0n) is 6.46. The SMILES string of the molecule is O=C1OCC2=C(Cl)C=CC=C(Cl)N12. The van der Waals surface area contributed by atoms with Gasteiger partial charge in [0.15, 0.2) is 0 Å². The Hall–Kier alpha value is -0.930. The zero-order chi connectivity index (χ0) is 9.42. The molecule has 0 aromatic rings. The number of nitrogens with zero attached hydrogens (tertiary/aromatic N) is 1. The number of fused-ring (bicyclic) bond motifs is 1. The third kappa shape index (κ3) is 1.34. The predicted molar refractivity (Wildman–Crippen MR) is 49.1 cm³/mol. The van der Waals surface area contributed by atoms with Crippen molar-refractivity contribution in [1.82, 2.24) is 4.90 Å². The smallest absolute Gasteiger partial charge is 0.419 e. The highest BCUT2D eigenvalue weighted by Gasteiger charge is 2.32. The van der Waals surface area contributed by atoms with E-state index in [1.165, 1.54) is 4.90 Å². The molecule has 0 bridgehead atoms. The number of carbonyl (C=O) groups is 1. The fourth-order valence-electron chi connectivity index (χ4n) is 1.14. The molecule has 0 unspecified atom stereocenters. The molecule has 5 heteroatoms. The van der Waals surface area contributed by atoms with Crippen LogP contribution in [-0.2, 0) is 4.74 Å². The highest BCUT2D eigenvalue weighted by molar-refractivity contribution is 6.33. The van der Waals surface area contributed by atoms with Gasteiger partial charge >= 0.3 is 6.09 Å². The van der Waals surface area contributed by atoms with E-state index in [9.17, 15) is 4.79 Å². The predicted octanol–water partition coefficient (Wildman–Crippen LogP) is 2.54. The molecule has 1 amide bonds. The van der Waals surface area contributed by atoms with Crippen molar-refractivity contribution < 1.29 is 9.53 Å². The van der Waals surface area contributed by atoms with Gasteiger partial charge in [-0.1, -0.05) is 29.3 Å². The minimum Gasteiger partial charge on any atom is -0.442 e. The Morgan fingerprint density at radius 2 is 2.23 bits per heavy atom. The third-order valence-electron chi connectivity index (χ3n) is 1.75. The van der Waals surface area contributed by atoms with E-state index in [4.69, 9.17) is 27.9 Å². The summed E-state index contributed by atoms with van der Waals surface area (Å²) in [6.45, 7) is 0.173. The van der Waals surface area contributed by atoms with E-state index in [-0.39, 0.29) is 6.61 Å². The van der Waals surface area contributed by atoms with Gasteiger partial charge in [0, 0.05) is 0 Å². The Kier molecular flexibility index (Phi) is 2.06. The van der Waals surface area contributed by atoms with Crippen molar-refractivity contribution in [3.8, 4) is 0 Å². The molecule has 0 saturated carbocycles. The Morgan fingerprint density at radius 1 is 1.46 bits per heavy atom. The van der Waals surface area contributed by atoms with Gasteiger partial charge in [0.1, 0.15) is 11.8 Å². The van der Waals surface area contributed by atoms with Crippen LogP contribution in [0.2, 0.25) is 0 Å². The van der Waals surface area contributed by atoms with Crippen molar-refractivity contribution in [2.45, 2.75) is 0 Å². The Morgan fingerprint density at radius 3 is 3.00 bits per heavy atom.